The van der Waals surface area contributed by atoms with E-state index in [4.69, 9.17) is 20.5 Å². The van der Waals surface area contributed by atoms with E-state index in [1.807, 2.05) is 52.8 Å². The van der Waals surface area contributed by atoms with Crippen LogP contribution < -0.4 is 16.6 Å². The van der Waals surface area contributed by atoms with Gasteiger partial charge in [-0.3, -0.25) is 5.41 Å². The van der Waals surface area contributed by atoms with Gasteiger partial charge in [0.2, 0.25) is 0 Å². The molecule has 0 spiro atoms. The van der Waals surface area contributed by atoms with Gasteiger partial charge in [0.1, 0.15) is 0 Å². The van der Waals surface area contributed by atoms with E-state index in [9.17, 15) is 0 Å². The number of benzene rings is 1. The zero-order valence-electron chi connectivity index (χ0n) is 13.0. The average molecular weight is 275 g/mol. The first-order chi connectivity index (χ1) is 9.18. The lowest BCUT2D eigenvalue weighted by Gasteiger charge is -2.32. The molecule has 1 heterocycles. The molecule has 1 aliphatic heterocycles. The number of nitrogens with two attached hydrogens (primary N) is 2. The Hall–Kier alpha value is -1.33. The van der Waals surface area contributed by atoms with Crippen LogP contribution in [0.5, 0.6) is 0 Å². The highest BCUT2D eigenvalue weighted by Crippen LogP contribution is 2.36. The van der Waals surface area contributed by atoms with Crippen LogP contribution in [0.1, 0.15) is 46.6 Å². The number of rotatable bonds is 3. The smallest absolute Gasteiger partial charge is 0.399 e. The SMILES string of the molecule is CCC(=[NH2+])c1cc(B2OC(C)(C)C(C)(C)O2)ccc1N. The summed E-state index contributed by atoms with van der Waals surface area (Å²) in [5.74, 6) is 0. The second-order valence-corrected chi connectivity index (χ2v) is 6.31. The molecule has 1 aromatic rings. The monoisotopic (exact) mass is 275 g/mol. The van der Waals surface area contributed by atoms with Crippen LogP contribution in [-0.4, -0.2) is 24.0 Å². The third kappa shape index (κ3) is 2.48. The number of nitrogen functional groups attached to an aromatic ring is 1. The van der Waals surface area contributed by atoms with Gasteiger partial charge in [-0.1, -0.05) is 13.0 Å². The predicted octanol–water partition coefficient (Wildman–Crippen LogP) is 0.526. The molecule has 1 saturated heterocycles. The van der Waals surface area contributed by atoms with Crippen LogP contribution in [0.15, 0.2) is 18.2 Å². The Morgan fingerprint density at radius 2 is 1.75 bits per heavy atom. The van der Waals surface area contributed by atoms with Gasteiger partial charge in [-0.05, 0) is 45.3 Å². The molecule has 2 rings (SSSR count). The van der Waals surface area contributed by atoms with E-state index in [-0.39, 0.29) is 18.3 Å². The Morgan fingerprint density at radius 1 is 1.20 bits per heavy atom. The van der Waals surface area contributed by atoms with Crippen LogP contribution in [0, 0.1) is 0 Å². The summed E-state index contributed by atoms with van der Waals surface area (Å²) in [6.45, 7) is 10.2. The third-order valence-electron chi connectivity index (χ3n) is 4.33. The molecule has 0 aliphatic carbocycles. The molecule has 4 nitrogen and oxygen atoms in total. The predicted molar refractivity (Wildman–Crippen MR) is 82.9 cm³/mol. The van der Waals surface area contributed by atoms with Gasteiger partial charge in [0.25, 0.3) is 0 Å². The Bertz CT molecular complexity index is 525. The topological polar surface area (TPSA) is 70.1 Å². The third-order valence-corrected chi connectivity index (χ3v) is 4.33. The fourth-order valence-electron chi connectivity index (χ4n) is 2.17. The Morgan fingerprint density at radius 3 is 2.25 bits per heavy atom. The molecule has 0 aromatic heterocycles. The minimum absolute atomic E-state index is 0.348. The number of hydrogen-bond acceptors (Lipinski definition) is 3. The van der Waals surface area contributed by atoms with Crippen molar-refractivity contribution in [3.8, 4) is 0 Å². The normalized spacial score (nSPS) is 20.1. The standard InChI is InChI=1S/C15H23BN2O2/c1-6-12(17)11-9-10(7-8-13(11)18)16-19-14(2,3)15(4,5)20-16/h7-9,17H,6,18H2,1-5H3/p+1. The first-order valence-electron chi connectivity index (χ1n) is 7.04. The second-order valence-electron chi connectivity index (χ2n) is 6.31. The van der Waals surface area contributed by atoms with Crippen molar-refractivity contribution in [2.24, 2.45) is 0 Å². The highest BCUT2D eigenvalue weighted by Gasteiger charge is 2.51. The minimum Gasteiger partial charge on any atom is -0.399 e. The maximum absolute atomic E-state index is 6.05. The Kier molecular flexibility index (Phi) is 3.69. The van der Waals surface area contributed by atoms with Gasteiger partial charge >= 0.3 is 7.12 Å². The summed E-state index contributed by atoms with van der Waals surface area (Å²) in [5.41, 5.74) is 8.58. The maximum Gasteiger partial charge on any atom is 0.494 e. The first kappa shape index (κ1) is 15.1. The fraction of sp³-hybridized carbons (Fsp3) is 0.533. The molecular formula is C15H24BN2O2+. The summed E-state index contributed by atoms with van der Waals surface area (Å²) in [6.07, 6.45) is 0.761. The fourth-order valence-corrected chi connectivity index (χ4v) is 2.17. The average Bonchev–Trinajstić information content (AvgIpc) is 2.58. The number of anilines is 1. The zero-order chi connectivity index (χ0) is 15.1. The molecule has 0 amide bonds. The van der Waals surface area contributed by atoms with Gasteiger partial charge in [-0.15, -0.1) is 0 Å². The van der Waals surface area contributed by atoms with E-state index in [0.717, 1.165) is 23.2 Å². The van der Waals surface area contributed by atoms with Gasteiger partial charge in [0, 0.05) is 12.1 Å². The van der Waals surface area contributed by atoms with Gasteiger partial charge in [0.05, 0.1) is 16.8 Å². The highest BCUT2D eigenvalue weighted by atomic mass is 16.7. The summed E-state index contributed by atoms with van der Waals surface area (Å²) in [4.78, 5) is 0. The van der Waals surface area contributed by atoms with Gasteiger partial charge in [-0.2, -0.15) is 0 Å². The summed E-state index contributed by atoms with van der Waals surface area (Å²) >= 11 is 0. The molecule has 1 fully saturated rings. The van der Waals surface area contributed by atoms with Gasteiger partial charge in [0.15, 0.2) is 5.71 Å². The molecule has 4 N–H and O–H groups in total. The minimum atomic E-state index is -0.385. The summed E-state index contributed by atoms with van der Waals surface area (Å²) in [5, 5.41) is 6.02. The van der Waals surface area contributed by atoms with Gasteiger partial charge < -0.3 is 15.0 Å². The molecule has 0 saturated carbocycles. The van der Waals surface area contributed by atoms with E-state index in [1.54, 1.807) is 0 Å². The molecule has 20 heavy (non-hydrogen) atoms. The van der Waals surface area contributed by atoms with E-state index in [1.165, 1.54) is 0 Å². The largest absolute Gasteiger partial charge is 0.494 e. The van der Waals surface area contributed by atoms with Crippen molar-refractivity contribution in [1.82, 2.24) is 0 Å². The van der Waals surface area contributed by atoms with Crippen LogP contribution >= 0.6 is 0 Å². The molecule has 108 valence electrons. The molecule has 0 unspecified atom stereocenters. The van der Waals surface area contributed by atoms with Crippen LogP contribution in [0.3, 0.4) is 0 Å². The summed E-state index contributed by atoms with van der Waals surface area (Å²) < 4.78 is 12.1. The molecule has 1 aromatic carbocycles. The first-order valence-corrected chi connectivity index (χ1v) is 7.04. The molecule has 0 bridgehead atoms. The van der Waals surface area contributed by atoms with Crippen molar-refractivity contribution in [3.05, 3.63) is 23.8 Å². The van der Waals surface area contributed by atoms with E-state index in [2.05, 4.69) is 0 Å². The maximum atomic E-state index is 6.05. The molecule has 1 aliphatic rings. The highest BCUT2D eigenvalue weighted by molar-refractivity contribution is 6.62. The molecule has 5 heteroatoms. The van der Waals surface area contributed by atoms with E-state index < -0.39 is 0 Å². The summed E-state index contributed by atoms with van der Waals surface area (Å²) in [6, 6.07) is 5.76. The van der Waals surface area contributed by atoms with Crippen molar-refractivity contribution >= 4 is 24.0 Å². The number of hydrogen-bond donors (Lipinski definition) is 2. The van der Waals surface area contributed by atoms with E-state index >= 15 is 0 Å². The van der Waals surface area contributed by atoms with E-state index in [0.29, 0.717) is 5.69 Å². The Labute approximate surface area is 121 Å². The lowest BCUT2D eigenvalue weighted by atomic mass is 9.77. The van der Waals surface area contributed by atoms with Crippen LogP contribution in [0.2, 0.25) is 0 Å². The summed E-state index contributed by atoms with van der Waals surface area (Å²) in [7, 11) is -0.385. The quantitative estimate of drug-likeness (QED) is 0.480. The molecule has 0 atom stereocenters. The lowest BCUT2D eigenvalue weighted by Crippen LogP contribution is -2.41. The van der Waals surface area contributed by atoms with Crippen LogP contribution in [0.25, 0.3) is 0 Å². The van der Waals surface area contributed by atoms with Crippen molar-refractivity contribution in [2.45, 2.75) is 52.2 Å². The van der Waals surface area contributed by atoms with Crippen LogP contribution in [0.4, 0.5) is 5.69 Å². The second kappa shape index (κ2) is 4.90. The van der Waals surface area contributed by atoms with Crippen molar-refractivity contribution in [1.29, 1.82) is 0 Å². The van der Waals surface area contributed by atoms with Crippen LogP contribution in [-0.2, 0) is 9.31 Å². The van der Waals surface area contributed by atoms with Crippen molar-refractivity contribution in [3.63, 3.8) is 0 Å². The molecule has 0 radical (unpaired) electrons. The van der Waals surface area contributed by atoms with Crippen molar-refractivity contribution in [2.75, 3.05) is 5.73 Å². The Balaban J connectivity index is 2.34. The van der Waals surface area contributed by atoms with Crippen molar-refractivity contribution < 1.29 is 14.7 Å². The zero-order valence-corrected chi connectivity index (χ0v) is 13.0. The van der Waals surface area contributed by atoms with Gasteiger partial charge in [-0.25, -0.2) is 0 Å². The molecular weight excluding hydrogens is 251 g/mol. The lowest BCUT2D eigenvalue weighted by molar-refractivity contribution is -0.114.